The van der Waals surface area contributed by atoms with Gasteiger partial charge in [-0.15, -0.1) is 0 Å². The van der Waals surface area contributed by atoms with Crippen molar-refractivity contribution in [2.45, 2.75) is 26.2 Å². The molecule has 4 atom stereocenters. The van der Waals surface area contributed by atoms with Crippen LogP contribution >= 0.6 is 11.6 Å². The van der Waals surface area contributed by atoms with E-state index in [2.05, 4.69) is 0 Å². The molecule has 2 bridgehead atoms. The van der Waals surface area contributed by atoms with E-state index >= 15 is 0 Å². The lowest BCUT2D eigenvalue weighted by molar-refractivity contribution is -0.123. The predicted octanol–water partition coefficient (Wildman–Crippen LogP) is 6.58. The van der Waals surface area contributed by atoms with Crippen LogP contribution in [0.4, 0.5) is 10.1 Å². The summed E-state index contributed by atoms with van der Waals surface area (Å²) in [6.45, 7) is 1.28. The molecule has 1 aliphatic heterocycles. The Morgan fingerprint density at radius 2 is 1.60 bits per heavy atom. The third kappa shape index (κ3) is 4.52. The number of ether oxygens (including phenoxy) is 1. The lowest BCUT2D eigenvalue weighted by atomic mass is 9.81. The van der Waals surface area contributed by atoms with Gasteiger partial charge in [0.2, 0.25) is 11.8 Å². The van der Waals surface area contributed by atoms with Crippen molar-refractivity contribution in [3.05, 3.63) is 94.3 Å². The van der Waals surface area contributed by atoms with Gasteiger partial charge in [-0.2, -0.15) is 0 Å². The first-order valence-corrected chi connectivity index (χ1v) is 14.6. The van der Waals surface area contributed by atoms with E-state index < -0.39 is 24.2 Å². The van der Waals surface area contributed by atoms with Crippen LogP contribution in [0, 0.1) is 36.4 Å². The molecule has 0 N–H and O–H groups in total. The number of carbonyl (C=O) groups is 4. The first-order chi connectivity index (χ1) is 20.7. The molecule has 7 nitrogen and oxygen atoms in total. The molecule has 2 heterocycles. The monoisotopic (exact) mass is 596 g/mol. The fraction of sp³-hybridized carbons (Fsp3) is 0.265. The van der Waals surface area contributed by atoms with Crippen molar-refractivity contribution in [3.63, 3.8) is 0 Å². The molecule has 2 aliphatic carbocycles. The molecule has 0 radical (unpaired) electrons. The third-order valence-electron chi connectivity index (χ3n) is 9.24. The van der Waals surface area contributed by atoms with Crippen molar-refractivity contribution in [2.24, 2.45) is 23.7 Å². The van der Waals surface area contributed by atoms with Crippen LogP contribution in [-0.4, -0.2) is 35.2 Å². The quantitative estimate of drug-likeness (QED) is 0.142. The number of fused-ring (bicyclic) bond motifs is 6. The van der Waals surface area contributed by atoms with E-state index in [0.29, 0.717) is 50.3 Å². The SMILES string of the molecule is Cc1c(Cl)ccc2c(C(=O)OCC(=O)c3ccc(F)cc3)cc(-c3ccc(N4C(=O)C5C6CCC(C6)C5C4=O)cc3)nc12. The summed E-state index contributed by atoms with van der Waals surface area (Å²) in [6, 6.07) is 16.9. The Morgan fingerprint density at radius 1 is 0.953 bits per heavy atom. The van der Waals surface area contributed by atoms with Crippen LogP contribution in [0.2, 0.25) is 5.02 Å². The number of pyridine rings is 1. The number of benzene rings is 3. The minimum Gasteiger partial charge on any atom is -0.454 e. The Hall–Kier alpha value is -4.43. The fourth-order valence-electron chi connectivity index (χ4n) is 7.09. The van der Waals surface area contributed by atoms with E-state index in [9.17, 15) is 23.6 Å². The van der Waals surface area contributed by atoms with Gasteiger partial charge >= 0.3 is 5.97 Å². The minimum atomic E-state index is -0.725. The molecule has 43 heavy (non-hydrogen) atoms. The van der Waals surface area contributed by atoms with Crippen LogP contribution in [0.3, 0.4) is 0 Å². The Kier molecular flexibility index (Phi) is 6.62. The van der Waals surface area contributed by atoms with Gasteiger partial charge in [-0.3, -0.25) is 19.3 Å². The molecule has 1 aromatic heterocycles. The van der Waals surface area contributed by atoms with E-state index in [1.807, 2.05) is 0 Å². The number of anilines is 1. The zero-order chi connectivity index (χ0) is 30.0. The number of aryl methyl sites for hydroxylation is 1. The molecule has 4 aromatic rings. The van der Waals surface area contributed by atoms with Crippen LogP contribution in [0.15, 0.2) is 66.7 Å². The van der Waals surface area contributed by atoms with E-state index in [1.165, 1.54) is 29.2 Å². The van der Waals surface area contributed by atoms with Gasteiger partial charge in [0, 0.05) is 21.5 Å². The lowest BCUT2D eigenvalue weighted by Crippen LogP contribution is -2.32. The summed E-state index contributed by atoms with van der Waals surface area (Å²) in [5, 5.41) is 0.986. The zero-order valence-electron chi connectivity index (χ0n) is 23.2. The molecule has 3 aliphatic rings. The van der Waals surface area contributed by atoms with Crippen molar-refractivity contribution >= 4 is 51.8 Å². The van der Waals surface area contributed by atoms with Gasteiger partial charge in [0.05, 0.1) is 34.3 Å². The number of esters is 1. The number of imide groups is 1. The summed E-state index contributed by atoms with van der Waals surface area (Å²) in [4.78, 5) is 58.5. The Bertz CT molecular complexity index is 1810. The smallest absolute Gasteiger partial charge is 0.339 e. The summed E-state index contributed by atoms with van der Waals surface area (Å²) >= 11 is 6.39. The predicted molar refractivity (Wildman–Crippen MR) is 158 cm³/mol. The van der Waals surface area contributed by atoms with E-state index in [4.69, 9.17) is 21.3 Å². The van der Waals surface area contributed by atoms with Crippen LogP contribution in [0.5, 0.6) is 0 Å². The second-order valence-electron chi connectivity index (χ2n) is 11.6. The number of nitrogens with zero attached hydrogens (tertiary/aromatic N) is 2. The number of hydrogen-bond donors (Lipinski definition) is 0. The summed E-state index contributed by atoms with van der Waals surface area (Å²) in [5.74, 6) is -1.68. The first kappa shape index (κ1) is 27.4. The fourth-order valence-corrected chi connectivity index (χ4v) is 7.25. The highest BCUT2D eigenvalue weighted by Gasteiger charge is 2.61. The highest BCUT2D eigenvalue weighted by molar-refractivity contribution is 6.32. The summed E-state index contributed by atoms with van der Waals surface area (Å²) in [6.07, 6.45) is 3.00. The zero-order valence-corrected chi connectivity index (χ0v) is 23.9. The molecule has 216 valence electrons. The number of halogens is 2. The molecule has 3 aromatic carbocycles. The first-order valence-electron chi connectivity index (χ1n) is 14.2. The molecule has 0 spiro atoms. The molecule has 4 unspecified atom stereocenters. The van der Waals surface area contributed by atoms with Crippen molar-refractivity contribution in [2.75, 3.05) is 11.5 Å². The molecular formula is C34H26ClFN2O5. The maximum absolute atomic E-state index is 13.3. The molecule has 2 saturated carbocycles. The molecule has 1 saturated heterocycles. The molecule has 3 fully saturated rings. The average molecular weight is 597 g/mol. The topological polar surface area (TPSA) is 93.6 Å². The number of ketones is 1. The lowest BCUT2D eigenvalue weighted by Gasteiger charge is -2.19. The Labute approximate surface area is 251 Å². The number of carbonyl (C=O) groups excluding carboxylic acids is 4. The third-order valence-corrected chi connectivity index (χ3v) is 9.65. The molecule has 2 amide bonds. The van der Waals surface area contributed by atoms with Crippen LogP contribution in [-0.2, 0) is 14.3 Å². The average Bonchev–Trinajstić information content (AvgIpc) is 3.71. The summed E-state index contributed by atoms with van der Waals surface area (Å²) in [7, 11) is 0. The van der Waals surface area contributed by atoms with Gasteiger partial charge in [-0.05, 0) is 92.1 Å². The van der Waals surface area contributed by atoms with E-state index in [0.717, 1.165) is 19.3 Å². The van der Waals surface area contributed by atoms with Crippen molar-refractivity contribution in [1.29, 1.82) is 0 Å². The van der Waals surface area contributed by atoms with Crippen LogP contribution < -0.4 is 4.90 Å². The molecule has 7 rings (SSSR count). The van der Waals surface area contributed by atoms with Gasteiger partial charge in [-0.25, -0.2) is 14.2 Å². The Balaban J connectivity index is 1.19. The molecular weight excluding hydrogens is 571 g/mol. The standard InChI is InChI=1S/C34H26ClFN2O5/c1-17-26(35)13-12-24-25(34(42)43-16-28(39)19-4-8-22(36)9-5-19)15-27(37-31(17)24)18-6-10-23(11-7-18)38-32(40)29-20-2-3-21(14-20)30(29)33(38)41/h4-13,15,20-21,29-30H,2-3,14,16H2,1H3. The van der Waals surface area contributed by atoms with Gasteiger partial charge in [0.15, 0.2) is 12.4 Å². The number of Topliss-reactive ketones (excluding diaryl/α,β-unsaturated/α-hetero) is 1. The van der Waals surface area contributed by atoms with Crippen LogP contribution in [0.1, 0.15) is 45.5 Å². The highest BCUT2D eigenvalue weighted by atomic mass is 35.5. The normalized spacial score (nSPS) is 22.3. The van der Waals surface area contributed by atoms with Crippen molar-refractivity contribution < 1.29 is 28.3 Å². The van der Waals surface area contributed by atoms with Gasteiger partial charge in [0.25, 0.3) is 0 Å². The second-order valence-corrected chi connectivity index (χ2v) is 12.0. The number of amides is 2. The highest BCUT2D eigenvalue weighted by Crippen LogP contribution is 2.56. The summed E-state index contributed by atoms with van der Waals surface area (Å²) in [5.41, 5.74) is 3.22. The largest absolute Gasteiger partial charge is 0.454 e. The van der Waals surface area contributed by atoms with Crippen LogP contribution in [0.25, 0.3) is 22.2 Å². The second kappa shape index (κ2) is 10.4. The van der Waals surface area contributed by atoms with Gasteiger partial charge in [0.1, 0.15) is 5.82 Å². The minimum absolute atomic E-state index is 0.107. The van der Waals surface area contributed by atoms with Crippen molar-refractivity contribution in [1.82, 2.24) is 4.98 Å². The van der Waals surface area contributed by atoms with Crippen molar-refractivity contribution in [3.8, 4) is 11.3 Å². The Morgan fingerprint density at radius 3 is 2.26 bits per heavy atom. The maximum atomic E-state index is 13.3. The summed E-state index contributed by atoms with van der Waals surface area (Å²) < 4.78 is 18.6. The number of hydrogen-bond acceptors (Lipinski definition) is 6. The molecule has 9 heteroatoms. The number of aromatic nitrogens is 1. The maximum Gasteiger partial charge on any atom is 0.339 e. The van der Waals surface area contributed by atoms with Gasteiger partial charge < -0.3 is 4.74 Å². The van der Waals surface area contributed by atoms with E-state index in [-0.39, 0.29) is 34.8 Å². The van der Waals surface area contributed by atoms with Gasteiger partial charge in [-0.1, -0.05) is 29.8 Å². The van der Waals surface area contributed by atoms with E-state index in [1.54, 1.807) is 49.4 Å². The number of rotatable bonds is 6.